The van der Waals surface area contributed by atoms with Gasteiger partial charge in [-0.25, -0.2) is 0 Å². The van der Waals surface area contributed by atoms with Crippen LogP contribution in [0.2, 0.25) is 0 Å². The molecule has 3 fully saturated rings. The minimum absolute atomic E-state index is 0.0221. The molecule has 3 aliphatic rings. The molecule has 0 N–H and O–H groups in total. The largest absolute Gasteiger partial charge is 0.465 e. The van der Waals surface area contributed by atoms with Crippen molar-refractivity contribution in [1.82, 2.24) is 0 Å². The van der Waals surface area contributed by atoms with Crippen molar-refractivity contribution in [2.75, 3.05) is 6.61 Å². The summed E-state index contributed by atoms with van der Waals surface area (Å²) >= 11 is 0. The number of cyclic esters (lactones) is 1. The summed E-state index contributed by atoms with van der Waals surface area (Å²) in [6.07, 6.45) is 1.46. The van der Waals surface area contributed by atoms with E-state index in [4.69, 9.17) is 9.47 Å². The normalized spacial score (nSPS) is 58.2. The highest BCUT2D eigenvalue weighted by molar-refractivity contribution is 5.73. The van der Waals surface area contributed by atoms with Gasteiger partial charge in [0.25, 0.3) is 0 Å². The molecule has 13 heavy (non-hydrogen) atoms. The van der Waals surface area contributed by atoms with Crippen molar-refractivity contribution >= 4 is 5.97 Å². The summed E-state index contributed by atoms with van der Waals surface area (Å²) in [5.74, 6) is 1.01. The average molecular weight is 182 g/mol. The van der Waals surface area contributed by atoms with Crippen LogP contribution in [0.5, 0.6) is 0 Å². The lowest BCUT2D eigenvalue weighted by molar-refractivity contribution is -0.162. The summed E-state index contributed by atoms with van der Waals surface area (Å²) in [5.41, 5.74) is 0.0413. The number of hydrogen-bond acceptors (Lipinski definition) is 3. The molecule has 0 bridgehead atoms. The fourth-order valence-electron chi connectivity index (χ4n) is 3.04. The molecule has 1 aliphatic carbocycles. The van der Waals surface area contributed by atoms with Crippen LogP contribution in [-0.2, 0) is 14.3 Å². The monoisotopic (exact) mass is 182 g/mol. The quantitative estimate of drug-likeness (QED) is 0.414. The van der Waals surface area contributed by atoms with Gasteiger partial charge >= 0.3 is 5.97 Å². The van der Waals surface area contributed by atoms with Crippen molar-refractivity contribution in [1.29, 1.82) is 0 Å². The molecule has 1 saturated carbocycles. The molecule has 0 aromatic rings. The Balaban J connectivity index is 1.89. The topological polar surface area (TPSA) is 38.8 Å². The maximum absolute atomic E-state index is 11.3. The Hall–Kier alpha value is -0.570. The molecule has 0 aromatic heterocycles. The van der Waals surface area contributed by atoms with Gasteiger partial charge in [-0.1, -0.05) is 6.92 Å². The molecule has 5 atom stereocenters. The van der Waals surface area contributed by atoms with Gasteiger partial charge in [-0.05, 0) is 19.3 Å². The van der Waals surface area contributed by atoms with Crippen LogP contribution in [0, 0.1) is 17.8 Å². The molecule has 2 saturated heterocycles. The summed E-state index contributed by atoms with van der Waals surface area (Å²) in [6, 6.07) is 0. The Morgan fingerprint density at radius 1 is 1.54 bits per heavy atom. The number of rotatable bonds is 0. The zero-order valence-corrected chi connectivity index (χ0v) is 7.95. The third kappa shape index (κ3) is 0.810. The molecule has 0 amide bonds. The first-order chi connectivity index (χ1) is 6.13. The van der Waals surface area contributed by atoms with Gasteiger partial charge in [0.15, 0.2) is 0 Å². The molecule has 3 rings (SSSR count). The summed E-state index contributed by atoms with van der Waals surface area (Å²) < 4.78 is 10.7. The van der Waals surface area contributed by atoms with Crippen LogP contribution in [0.25, 0.3) is 0 Å². The van der Waals surface area contributed by atoms with Crippen molar-refractivity contribution in [3.63, 3.8) is 0 Å². The number of fused-ring (bicyclic) bond motifs is 3. The maximum Gasteiger partial charge on any atom is 0.308 e. The number of esters is 1. The van der Waals surface area contributed by atoms with Crippen LogP contribution < -0.4 is 0 Å². The van der Waals surface area contributed by atoms with Gasteiger partial charge in [0.05, 0.1) is 24.2 Å². The van der Waals surface area contributed by atoms with Crippen molar-refractivity contribution in [3.8, 4) is 0 Å². The van der Waals surface area contributed by atoms with Gasteiger partial charge in [-0.15, -0.1) is 0 Å². The number of epoxide rings is 1. The van der Waals surface area contributed by atoms with Crippen molar-refractivity contribution < 1.29 is 14.3 Å². The molecule has 72 valence electrons. The van der Waals surface area contributed by atoms with Crippen molar-refractivity contribution in [3.05, 3.63) is 0 Å². The van der Waals surface area contributed by atoms with E-state index in [1.807, 2.05) is 6.92 Å². The smallest absolute Gasteiger partial charge is 0.308 e. The average Bonchev–Trinajstić information content (AvgIpc) is 2.65. The Labute approximate surface area is 77.4 Å². The zero-order valence-electron chi connectivity index (χ0n) is 7.95. The Kier molecular flexibility index (Phi) is 1.25. The predicted molar refractivity (Wildman–Crippen MR) is 45.0 cm³/mol. The number of ether oxygens (including phenoxy) is 2. The fraction of sp³-hybridized carbons (Fsp3) is 0.900. The third-order valence-electron chi connectivity index (χ3n) is 4.14. The lowest BCUT2D eigenvalue weighted by Gasteiger charge is -2.33. The highest BCUT2D eigenvalue weighted by atomic mass is 16.6. The lowest BCUT2D eigenvalue weighted by atomic mass is 9.80. The lowest BCUT2D eigenvalue weighted by Crippen LogP contribution is -2.40. The van der Waals surface area contributed by atoms with Crippen LogP contribution in [0.3, 0.4) is 0 Å². The highest BCUT2D eigenvalue weighted by Crippen LogP contribution is 2.59. The maximum atomic E-state index is 11.3. The van der Waals surface area contributed by atoms with E-state index in [9.17, 15) is 4.79 Å². The fourth-order valence-corrected chi connectivity index (χ4v) is 3.04. The standard InChI is InChI=1S/C10H14O3/c1-5-6-3-8-10(2,13-8)7(6)4-12-9(5)11/h5-8H,3-4H2,1-2H3/t5-,6+,7-,8-,10+/m0/s1. The van der Waals surface area contributed by atoms with E-state index < -0.39 is 0 Å². The molecule has 0 radical (unpaired) electrons. The molecule has 2 aliphatic heterocycles. The van der Waals surface area contributed by atoms with Gasteiger partial charge in [-0.2, -0.15) is 0 Å². The van der Waals surface area contributed by atoms with Crippen LogP contribution in [0.4, 0.5) is 0 Å². The van der Waals surface area contributed by atoms with Gasteiger partial charge in [-0.3, -0.25) is 4.79 Å². The summed E-state index contributed by atoms with van der Waals surface area (Å²) in [4.78, 5) is 11.3. The first kappa shape index (κ1) is 7.80. The second-order valence-corrected chi connectivity index (χ2v) is 4.72. The Bertz CT molecular complexity index is 275. The minimum Gasteiger partial charge on any atom is -0.465 e. The third-order valence-corrected chi connectivity index (χ3v) is 4.14. The summed E-state index contributed by atoms with van der Waals surface area (Å²) in [6.45, 7) is 4.70. The zero-order chi connectivity index (χ0) is 9.22. The predicted octanol–water partition coefficient (Wildman–Crippen LogP) is 0.973. The second-order valence-electron chi connectivity index (χ2n) is 4.72. The molecule has 0 unspecified atom stereocenters. The van der Waals surface area contributed by atoms with E-state index >= 15 is 0 Å². The van der Waals surface area contributed by atoms with Crippen LogP contribution in [-0.4, -0.2) is 24.3 Å². The van der Waals surface area contributed by atoms with E-state index in [0.29, 0.717) is 24.5 Å². The van der Waals surface area contributed by atoms with Crippen molar-refractivity contribution in [2.45, 2.75) is 32.0 Å². The van der Waals surface area contributed by atoms with Gasteiger partial charge in [0, 0.05) is 5.92 Å². The number of carbonyl (C=O) groups is 1. The van der Waals surface area contributed by atoms with E-state index in [2.05, 4.69) is 6.92 Å². The first-order valence-corrected chi connectivity index (χ1v) is 4.97. The molecular formula is C10H14O3. The van der Waals surface area contributed by atoms with Crippen LogP contribution in [0.15, 0.2) is 0 Å². The minimum atomic E-state index is -0.0221. The highest BCUT2D eigenvalue weighted by Gasteiger charge is 2.68. The molecule has 3 nitrogen and oxygen atoms in total. The van der Waals surface area contributed by atoms with Crippen LogP contribution in [0.1, 0.15) is 20.3 Å². The van der Waals surface area contributed by atoms with E-state index in [0.717, 1.165) is 6.42 Å². The SMILES string of the molecule is C[C@@H]1C(=O)OC[C@H]2[C@@H]1C[C@@H]1O[C@@]12C. The van der Waals surface area contributed by atoms with Crippen LogP contribution >= 0.6 is 0 Å². The van der Waals surface area contributed by atoms with E-state index in [-0.39, 0.29) is 17.5 Å². The molecule has 3 heteroatoms. The number of carbonyl (C=O) groups excluding carboxylic acids is 1. The molecule has 2 heterocycles. The van der Waals surface area contributed by atoms with E-state index in [1.54, 1.807) is 0 Å². The number of hydrogen-bond donors (Lipinski definition) is 0. The second kappa shape index (κ2) is 2.08. The molecule has 0 spiro atoms. The van der Waals surface area contributed by atoms with Crippen molar-refractivity contribution in [2.24, 2.45) is 17.8 Å². The summed E-state index contributed by atoms with van der Waals surface area (Å²) in [5, 5.41) is 0. The van der Waals surface area contributed by atoms with Gasteiger partial charge in [0.2, 0.25) is 0 Å². The Morgan fingerprint density at radius 3 is 3.08 bits per heavy atom. The van der Waals surface area contributed by atoms with Gasteiger partial charge < -0.3 is 9.47 Å². The van der Waals surface area contributed by atoms with Gasteiger partial charge in [0.1, 0.15) is 0 Å². The molecule has 0 aromatic carbocycles. The Morgan fingerprint density at radius 2 is 2.31 bits per heavy atom. The molecular weight excluding hydrogens is 168 g/mol. The summed E-state index contributed by atoms with van der Waals surface area (Å²) in [7, 11) is 0. The van der Waals surface area contributed by atoms with E-state index in [1.165, 1.54) is 0 Å². The first-order valence-electron chi connectivity index (χ1n) is 4.97.